The highest BCUT2D eigenvalue weighted by molar-refractivity contribution is 6.30. The van der Waals surface area contributed by atoms with Gasteiger partial charge in [0.25, 0.3) is 0 Å². The summed E-state index contributed by atoms with van der Waals surface area (Å²) in [7, 11) is 0. The zero-order valence-electron chi connectivity index (χ0n) is 20.3. The Morgan fingerprint density at radius 3 is 2.64 bits per heavy atom. The van der Waals surface area contributed by atoms with Gasteiger partial charge in [0.1, 0.15) is 11.6 Å². The van der Waals surface area contributed by atoms with E-state index in [9.17, 15) is 4.79 Å². The first-order valence-electron chi connectivity index (χ1n) is 12.5. The molecule has 1 atom stereocenters. The molecule has 1 aliphatic heterocycles. The van der Waals surface area contributed by atoms with E-state index in [2.05, 4.69) is 23.3 Å². The average molecular weight is 500 g/mol. The number of hydrogen-bond acceptors (Lipinski definition) is 3. The second-order valence-electron chi connectivity index (χ2n) is 9.15. The van der Waals surface area contributed by atoms with E-state index in [1.54, 1.807) is 0 Å². The molecule has 0 bridgehead atoms. The first kappa shape index (κ1) is 24.1. The van der Waals surface area contributed by atoms with E-state index < -0.39 is 0 Å². The molecule has 5 nitrogen and oxygen atoms in total. The number of benzene rings is 3. The van der Waals surface area contributed by atoms with Crippen LogP contribution in [0.5, 0.6) is 5.75 Å². The standard InChI is InChI=1S/C30H30ClN3O2/c1-2-9-22-10-3-6-13-28(22)36-19-8-7-18-33-27-12-5-4-11-26(27)32-30(33)23-20-29(35)34(21-23)25-16-14-24(31)15-17-25/h2-6,10-17,23H,1,7-9,18-21H2. The van der Waals surface area contributed by atoms with Crippen LogP contribution in [0.2, 0.25) is 5.02 Å². The molecule has 184 valence electrons. The lowest BCUT2D eigenvalue weighted by Crippen LogP contribution is -2.24. The van der Waals surface area contributed by atoms with Gasteiger partial charge < -0.3 is 14.2 Å². The molecule has 5 rings (SSSR count). The van der Waals surface area contributed by atoms with Gasteiger partial charge in [-0.1, -0.05) is 48.0 Å². The topological polar surface area (TPSA) is 47.4 Å². The Labute approximate surface area is 217 Å². The molecule has 6 heteroatoms. The van der Waals surface area contributed by atoms with Crippen LogP contribution in [0.15, 0.2) is 85.5 Å². The van der Waals surface area contributed by atoms with Crippen molar-refractivity contribution in [2.75, 3.05) is 18.1 Å². The molecule has 0 spiro atoms. The summed E-state index contributed by atoms with van der Waals surface area (Å²) in [5.41, 5.74) is 4.12. The Kier molecular flexibility index (Phi) is 7.38. The van der Waals surface area contributed by atoms with E-state index in [0.29, 0.717) is 24.6 Å². The second-order valence-corrected chi connectivity index (χ2v) is 9.58. The minimum Gasteiger partial charge on any atom is -0.493 e. The molecule has 4 aromatic rings. The SMILES string of the molecule is C=CCc1ccccc1OCCCCn1c(C2CC(=O)N(c3ccc(Cl)cc3)C2)nc2ccccc21. The number of carbonyl (C=O) groups excluding carboxylic acids is 1. The fourth-order valence-corrected chi connectivity index (χ4v) is 5.04. The number of anilines is 1. The van der Waals surface area contributed by atoms with Gasteiger partial charge in [-0.2, -0.15) is 0 Å². The quantitative estimate of drug-likeness (QED) is 0.178. The molecule has 36 heavy (non-hydrogen) atoms. The summed E-state index contributed by atoms with van der Waals surface area (Å²) < 4.78 is 8.37. The summed E-state index contributed by atoms with van der Waals surface area (Å²) in [6.45, 7) is 5.94. The van der Waals surface area contributed by atoms with E-state index in [0.717, 1.165) is 59.7 Å². The highest BCUT2D eigenvalue weighted by atomic mass is 35.5. The average Bonchev–Trinajstić information content (AvgIpc) is 3.46. The molecule has 0 N–H and O–H groups in total. The number of rotatable bonds is 10. The van der Waals surface area contributed by atoms with Gasteiger partial charge in [0.2, 0.25) is 5.91 Å². The van der Waals surface area contributed by atoms with Crippen LogP contribution in [0.3, 0.4) is 0 Å². The van der Waals surface area contributed by atoms with Crippen LogP contribution >= 0.6 is 11.6 Å². The van der Waals surface area contributed by atoms with Gasteiger partial charge in [-0.05, 0) is 67.3 Å². The zero-order chi connectivity index (χ0) is 24.9. The number of fused-ring (bicyclic) bond motifs is 1. The lowest BCUT2D eigenvalue weighted by Gasteiger charge is -2.17. The fourth-order valence-electron chi connectivity index (χ4n) is 4.91. The lowest BCUT2D eigenvalue weighted by atomic mass is 10.1. The molecule has 3 aromatic carbocycles. The Hall–Kier alpha value is -3.57. The maximum Gasteiger partial charge on any atom is 0.227 e. The van der Waals surface area contributed by atoms with Crippen LogP contribution in [0.1, 0.15) is 36.6 Å². The second kappa shape index (κ2) is 11.0. The molecule has 0 saturated carbocycles. The van der Waals surface area contributed by atoms with E-state index in [4.69, 9.17) is 21.3 Å². The summed E-state index contributed by atoms with van der Waals surface area (Å²) in [6, 6.07) is 23.8. The summed E-state index contributed by atoms with van der Waals surface area (Å²) in [6.07, 6.45) is 5.03. The number of nitrogens with zero attached hydrogens (tertiary/aromatic N) is 3. The number of halogens is 1. The maximum atomic E-state index is 12.9. The van der Waals surface area contributed by atoms with Crippen molar-refractivity contribution in [3.05, 3.63) is 102 Å². The van der Waals surface area contributed by atoms with Crippen molar-refractivity contribution in [2.45, 2.75) is 38.1 Å². The number of amides is 1. The third-order valence-corrected chi connectivity index (χ3v) is 6.94. The number of imidazole rings is 1. The number of aryl methyl sites for hydroxylation is 1. The van der Waals surface area contributed by atoms with Crippen LogP contribution in [-0.2, 0) is 17.8 Å². The fraction of sp³-hybridized carbons (Fsp3) is 0.267. The maximum absolute atomic E-state index is 12.9. The molecular weight excluding hydrogens is 470 g/mol. The molecule has 1 fully saturated rings. The van der Waals surface area contributed by atoms with Crippen molar-refractivity contribution in [3.63, 3.8) is 0 Å². The number of allylic oxidation sites excluding steroid dienone is 1. The van der Waals surface area contributed by atoms with Gasteiger partial charge in [0.05, 0.1) is 17.6 Å². The first-order chi connectivity index (χ1) is 17.6. The number of ether oxygens (including phenoxy) is 1. The van der Waals surface area contributed by atoms with Crippen LogP contribution in [0.4, 0.5) is 5.69 Å². The van der Waals surface area contributed by atoms with Gasteiger partial charge >= 0.3 is 0 Å². The van der Waals surface area contributed by atoms with E-state index in [1.165, 1.54) is 0 Å². The third kappa shape index (κ3) is 5.17. The minimum atomic E-state index is 0.0441. The molecule has 0 radical (unpaired) electrons. The van der Waals surface area contributed by atoms with Crippen molar-refractivity contribution in [2.24, 2.45) is 0 Å². The van der Waals surface area contributed by atoms with Crippen LogP contribution in [0.25, 0.3) is 11.0 Å². The Balaban J connectivity index is 1.28. The molecule has 1 amide bonds. The Morgan fingerprint density at radius 1 is 1.03 bits per heavy atom. The van der Waals surface area contributed by atoms with Gasteiger partial charge in [0, 0.05) is 36.1 Å². The van der Waals surface area contributed by atoms with Crippen molar-refractivity contribution in [3.8, 4) is 5.75 Å². The number of carbonyl (C=O) groups is 1. The summed E-state index contributed by atoms with van der Waals surface area (Å²) in [5, 5.41) is 0.664. The van der Waals surface area contributed by atoms with Crippen molar-refractivity contribution >= 4 is 34.2 Å². The van der Waals surface area contributed by atoms with Crippen LogP contribution < -0.4 is 9.64 Å². The van der Waals surface area contributed by atoms with Gasteiger partial charge in [-0.15, -0.1) is 6.58 Å². The smallest absolute Gasteiger partial charge is 0.227 e. The van der Waals surface area contributed by atoms with Gasteiger partial charge in [-0.25, -0.2) is 4.98 Å². The number of aromatic nitrogens is 2. The highest BCUT2D eigenvalue weighted by Gasteiger charge is 2.34. The molecular formula is C30H30ClN3O2. The van der Waals surface area contributed by atoms with Crippen LogP contribution in [-0.4, -0.2) is 28.6 Å². The zero-order valence-corrected chi connectivity index (χ0v) is 21.0. The molecule has 1 unspecified atom stereocenters. The van der Waals surface area contributed by atoms with Crippen molar-refractivity contribution in [1.29, 1.82) is 0 Å². The Morgan fingerprint density at radius 2 is 1.81 bits per heavy atom. The van der Waals surface area contributed by atoms with E-state index >= 15 is 0 Å². The van der Waals surface area contributed by atoms with E-state index in [1.807, 2.05) is 71.6 Å². The third-order valence-electron chi connectivity index (χ3n) is 6.68. The number of hydrogen-bond donors (Lipinski definition) is 0. The predicted octanol–water partition coefficient (Wildman–Crippen LogP) is 6.80. The predicted molar refractivity (Wildman–Crippen MR) is 146 cm³/mol. The molecule has 0 aliphatic carbocycles. The summed E-state index contributed by atoms with van der Waals surface area (Å²) in [5.74, 6) is 2.08. The van der Waals surface area contributed by atoms with Crippen molar-refractivity contribution in [1.82, 2.24) is 9.55 Å². The normalized spacial score (nSPS) is 15.5. The molecule has 1 aliphatic rings. The lowest BCUT2D eigenvalue weighted by molar-refractivity contribution is -0.117. The largest absolute Gasteiger partial charge is 0.493 e. The van der Waals surface area contributed by atoms with Gasteiger partial charge in [-0.3, -0.25) is 4.79 Å². The van der Waals surface area contributed by atoms with E-state index in [-0.39, 0.29) is 11.8 Å². The van der Waals surface area contributed by atoms with Crippen molar-refractivity contribution < 1.29 is 9.53 Å². The van der Waals surface area contributed by atoms with Crippen LogP contribution in [0, 0.1) is 0 Å². The molecule has 1 aromatic heterocycles. The molecule has 2 heterocycles. The minimum absolute atomic E-state index is 0.0441. The Bertz CT molecular complexity index is 1360. The summed E-state index contributed by atoms with van der Waals surface area (Å²) in [4.78, 5) is 19.7. The number of para-hydroxylation sites is 3. The first-order valence-corrected chi connectivity index (χ1v) is 12.8. The summed E-state index contributed by atoms with van der Waals surface area (Å²) >= 11 is 6.04. The monoisotopic (exact) mass is 499 g/mol. The molecule has 1 saturated heterocycles. The highest BCUT2D eigenvalue weighted by Crippen LogP contribution is 2.34. The number of unbranched alkanes of at least 4 members (excludes halogenated alkanes) is 1. The van der Waals surface area contributed by atoms with Gasteiger partial charge in [0.15, 0.2) is 0 Å².